The van der Waals surface area contributed by atoms with Gasteiger partial charge in [-0.2, -0.15) is 0 Å². The number of ketones is 1. The summed E-state index contributed by atoms with van der Waals surface area (Å²) in [4.78, 5) is 11.8. The van der Waals surface area contributed by atoms with Crippen LogP contribution in [0.2, 0.25) is 0 Å². The minimum Gasteiger partial charge on any atom is -0.507 e. The number of carbonyl (C=O) groups excluding carboxylic acids is 1. The topological polar surface area (TPSA) is 63.3 Å². The fraction of sp³-hybridized carbons (Fsp3) is 0.133. The summed E-state index contributed by atoms with van der Waals surface area (Å²) in [6.45, 7) is 0.162. The molecule has 0 aliphatic carbocycles. The summed E-state index contributed by atoms with van der Waals surface area (Å²) >= 11 is 5.56. The standard InChI is InChI=1S/C15H14ClNO2/c16-8-14(18)13-7-11(6-12(9-17)15(13)19)10-4-2-1-3-5-10/h1-7,19H,8-9,17H2. The number of benzene rings is 2. The zero-order valence-corrected chi connectivity index (χ0v) is 11.0. The van der Waals surface area contributed by atoms with Gasteiger partial charge in [-0.25, -0.2) is 0 Å². The largest absolute Gasteiger partial charge is 0.507 e. The van der Waals surface area contributed by atoms with Crippen molar-refractivity contribution in [3.05, 3.63) is 53.6 Å². The van der Waals surface area contributed by atoms with Gasteiger partial charge in [0.15, 0.2) is 5.78 Å². The van der Waals surface area contributed by atoms with Gasteiger partial charge in [0, 0.05) is 12.1 Å². The van der Waals surface area contributed by atoms with E-state index in [0.717, 1.165) is 11.1 Å². The second-order valence-corrected chi connectivity index (χ2v) is 4.43. The van der Waals surface area contributed by atoms with E-state index in [0.29, 0.717) is 5.56 Å². The number of carbonyl (C=O) groups is 1. The molecule has 3 nitrogen and oxygen atoms in total. The first-order valence-corrected chi connectivity index (χ1v) is 6.41. The molecule has 0 heterocycles. The first-order chi connectivity index (χ1) is 9.17. The summed E-state index contributed by atoms with van der Waals surface area (Å²) in [5.41, 5.74) is 8.16. The summed E-state index contributed by atoms with van der Waals surface area (Å²) in [7, 11) is 0. The van der Waals surface area contributed by atoms with Crippen LogP contribution in [-0.2, 0) is 6.54 Å². The zero-order valence-electron chi connectivity index (χ0n) is 10.3. The average molecular weight is 276 g/mol. The highest BCUT2D eigenvalue weighted by Crippen LogP contribution is 2.30. The molecule has 0 atom stereocenters. The molecule has 0 radical (unpaired) electrons. The fourth-order valence-electron chi connectivity index (χ4n) is 1.93. The molecule has 2 aromatic carbocycles. The van der Waals surface area contributed by atoms with Gasteiger partial charge < -0.3 is 10.8 Å². The lowest BCUT2D eigenvalue weighted by molar-refractivity contribution is 0.101. The van der Waals surface area contributed by atoms with E-state index in [-0.39, 0.29) is 29.5 Å². The van der Waals surface area contributed by atoms with Crippen molar-refractivity contribution in [1.29, 1.82) is 0 Å². The normalized spacial score (nSPS) is 10.4. The quantitative estimate of drug-likeness (QED) is 0.666. The van der Waals surface area contributed by atoms with Crippen LogP contribution in [0.3, 0.4) is 0 Å². The van der Waals surface area contributed by atoms with Gasteiger partial charge in [-0.05, 0) is 23.3 Å². The highest BCUT2D eigenvalue weighted by molar-refractivity contribution is 6.31. The summed E-state index contributed by atoms with van der Waals surface area (Å²) < 4.78 is 0. The van der Waals surface area contributed by atoms with E-state index in [1.807, 2.05) is 30.3 Å². The van der Waals surface area contributed by atoms with E-state index in [4.69, 9.17) is 17.3 Å². The molecule has 2 rings (SSSR count). The zero-order chi connectivity index (χ0) is 13.8. The minimum atomic E-state index is -0.313. The molecule has 0 aliphatic rings. The van der Waals surface area contributed by atoms with Crippen LogP contribution < -0.4 is 5.73 Å². The maximum absolute atomic E-state index is 11.8. The number of rotatable bonds is 4. The number of aromatic hydroxyl groups is 1. The van der Waals surface area contributed by atoms with E-state index in [1.54, 1.807) is 12.1 Å². The Labute approximate surface area is 116 Å². The maximum atomic E-state index is 11.8. The predicted molar refractivity (Wildman–Crippen MR) is 76.5 cm³/mol. The van der Waals surface area contributed by atoms with Crippen molar-refractivity contribution in [3.63, 3.8) is 0 Å². The lowest BCUT2D eigenvalue weighted by Gasteiger charge is -2.11. The van der Waals surface area contributed by atoms with E-state index in [1.165, 1.54) is 0 Å². The third-order valence-corrected chi connectivity index (χ3v) is 3.18. The highest BCUT2D eigenvalue weighted by Gasteiger charge is 2.15. The maximum Gasteiger partial charge on any atom is 0.181 e. The Bertz CT molecular complexity index is 597. The van der Waals surface area contributed by atoms with Gasteiger partial charge in [0.2, 0.25) is 0 Å². The Kier molecular flexibility index (Phi) is 4.20. The molecule has 0 spiro atoms. The lowest BCUT2D eigenvalue weighted by Crippen LogP contribution is -2.05. The van der Waals surface area contributed by atoms with Gasteiger partial charge in [0.1, 0.15) is 5.75 Å². The number of phenolic OH excluding ortho intramolecular Hbond substituents is 1. The second-order valence-electron chi connectivity index (χ2n) is 4.16. The van der Waals surface area contributed by atoms with Crippen molar-refractivity contribution < 1.29 is 9.90 Å². The van der Waals surface area contributed by atoms with Gasteiger partial charge in [0.25, 0.3) is 0 Å². The van der Waals surface area contributed by atoms with Crippen molar-refractivity contribution in [3.8, 4) is 16.9 Å². The van der Waals surface area contributed by atoms with Gasteiger partial charge >= 0.3 is 0 Å². The van der Waals surface area contributed by atoms with E-state index in [9.17, 15) is 9.90 Å². The molecule has 0 amide bonds. The van der Waals surface area contributed by atoms with Crippen LogP contribution in [0.1, 0.15) is 15.9 Å². The summed E-state index contributed by atoms with van der Waals surface area (Å²) in [5.74, 6) is -0.560. The molecule has 4 heteroatoms. The number of hydrogen-bond donors (Lipinski definition) is 2. The van der Waals surface area contributed by atoms with Crippen LogP contribution in [0.15, 0.2) is 42.5 Å². The molecule has 0 fully saturated rings. The summed E-state index contributed by atoms with van der Waals surface area (Å²) in [6.07, 6.45) is 0. The van der Waals surface area contributed by atoms with Crippen molar-refractivity contribution in [2.24, 2.45) is 5.73 Å². The van der Waals surface area contributed by atoms with Crippen LogP contribution in [-0.4, -0.2) is 16.8 Å². The molecule has 19 heavy (non-hydrogen) atoms. The lowest BCUT2D eigenvalue weighted by atomic mass is 9.97. The van der Waals surface area contributed by atoms with Crippen molar-refractivity contribution in [1.82, 2.24) is 0 Å². The van der Waals surface area contributed by atoms with Crippen LogP contribution >= 0.6 is 11.6 Å². The van der Waals surface area contributed by atoms with Gasteiger partial charge in [-0.3, -0.25) is 4.79 Å². The molecule has 2 aromatic rings. The summed E-state index contributed by atoms with van der Waals surface area (Å²) in [5, 5.41) is 10.0. The third-order valence-electron chi connectivity index (χ3n) is 2.94. The van der Waals surface area contributed by atoms with Crippen LogP contribution in [0.5, 0.6) is 5.75 Å². The molecule has 0 unspecified atom stereocenters. The van der Waals surface area contributed by atoms with E-state index < -0.39 is 0 Å². The Morgan fingerprint density at radius 2 is 1.84 bits per heavy atom. The number of alkyl halides is 1. The Morgan fingerprint density at radius 3 is 2.42 bits per heavy atom. The van der Waals surface area contributed by atoms with Crippen LogP contribution in [0, 0.1) is 0 Å². The molecule has 0 bridgehead atoms. The van der Waals surface area contributed by atoms with Crippen LogP contribution in [0.25, 0.3) is 11.1 Å². The van der Waals surface area contributed by atoms with Crippen molar-refractivity contribution >= 4 is 17.4 Å². The molecule has 0 saturated heterocycles. The second kappa shape index (κ2) is 5.87. The van der Waals surface area contributed by atoms with Crippen molar-refractivity contribution in [2.75, 3.05) is 5.88 Å². The van der Waals surface area contributed by atoms with E-state index in [2.05, 4.69) is 0 Å². The first-order valence-electron chi connectivity index (χ1n) is 5.88. The highest BCUT2D eigenvalue weighted by atomic mass is 35.5. The Hall–Kier alpha value is -1.84. The molecule has 98 valence electrons. The first kappa shape index (κ1) is 13.6. The number of Topliss-reactive ketones (excluding diaryl/α,β-unsaturated/α-hetero) is 1. The smallest absolute Gasteiger partial charge is 0.181 e. The molecular formula is C15H14ClNO2. The third kappa shape index (κ3) is 2.78. The number of phenols is 1. The molecule has 3 N–H and O–H groups in total. The predicted octanol–water partition coefficient (Wildman–Crippen LogP) is 2.94. The molecule has 0 aliphatic heterocycles. The minimum absolute atomic E-state index is 0.0761. The monoisotopic (exact) mass is 275 g/mol. The number of hydrogen-bond acceptors (Lipinski definition) is 3. The van der Waals surface area contributed by atoms with Gasteiger partial charge in [-0.1, -0.05) is 30.3 Å². The van der Waals surface area contributed by atoms with Gasteiger partial charge in [-0.15, -0.1) is 11.6 Å². The average Bonchev–Trinajstić information content (AvgIpc) is 2.47. The number of nitrogens with two attached hydrogens (primary N) is 1. The van der Waals surface area contributed by atoms with E-state index >= 15 is 0 Å². The van der Waals surface area contributed by atoms with Crippen LogP contribution in [0.4, 0.5) is 0 Å². The Morgan fingerprint density at radius 1 is 1.16 bits per heavy atom. The SMILES string of the molecule is NCc1cc(-c2ccccc2)cc(C(=O)CCl)c1O. The number of halogens is 1. The van der Waals surface area contributed by atoms with Crippen molar-refractivity contribution in [2.45, 2.75) is 6.54 Å². The molecule has 0 saturated carbocycles. The summed E-state index contributed by atoms with van der Waals surface area (Å²) in [6, 6.07) is 13.0. The molecular weight excluding hydrogens is 262 g/mol. The van der Waals surface area contributed by atoms with Gasteiger partial charge in [0.05, 0.1) is 11.4 Å². The molecule has 0 aromatic heterocycles. The Balaban J connectivity index is 2.61. The fourth-order valence-corrected chi connectivity index (χ4v) is 2.08.